The molecule has 108 valence electrons. The Bertz CT molecular complexity index is 722. The number of rotatable bonds is 4. The van der Waals surface area contributed by atoms with E-state index in [2.05, 4.69) is 10.3 Å². The minimum atomic E-state index is -1.05. The number of anilines is 1. The van der Waals surface area contributed by atoms with Gasteiger partial charge in [0.25, 0.3) is 5.91 Å². The monoisotopic (exact) mass is 305 g/mol. The van der Waals surface area contributed by atoms with Crippen LogP contribution in [0, 0.1) is 0 Å². The third kappa shape index (κ3) is 3.93. The molecule has 6 nitrogen and oxygen atoms in total. The van der Waals surface area contributed by atoms with Crippen LogP contribution in [0.4, 0.5) is 5.82 Å². The van der Waals surface area contributed by atoms with E-state index in [4.69, 9.17) is 16.7 Å². The van der Waals surface area contributed by atoms with E-state index in [9.17, 15) is 9.59 Å². The number of carbonyl (C=O) groups excluding carboxylic acids is 1. The summed E-state index contributed by atoms with van der Waals surface area (Å²) < 4.78 is 1.60. The number of nitrogens with one attached hydrogen (secondary N) is 1. The summed E-state index contributed by atoms with van der Waals surface area (Å²) in [6.45, 7) is 0. The molecule has 2 heterocycles. The van der Waals surface area contributed by atoms with Gasteiger partial charge in [0.2, 0.25) is 0 Å². The zero-order valence-corrected chi connectivity index (χ0v) is 11.8. The molecule has 2 N–H and O–H groups in total. The molecule has 0 saturated heterocycles. The van der Waals surface area contributed by atoms with Gasteiger partial charge in [0.05, 0.1) is 5.02 Å². The maximum Gasteiger partial charge on any atom is 0.328 e. The number of carboxylic acids is 1. The lowest BCUT2D eigenvalue weighted by Gasteiger charge is -2.05. The molecule has 0 saturated carbocycles. The first-order chi connectivity index (χ1) is 9.95. The maximum absolute atomic E-state index is 12.1. The fourth-order valence-electron chi connectivity index (χ4n) is 1.72. The highest BCUT2D eigenvalue weighted by Gasteiger charge is 2.12. The summed E-state index contributed by atoms with van der Waals surface area (Å²) in [5.41, 5.74) is 1.01. The number of pyridine rings is 1. The Morgan fingerprint density at radius 1 is 1.43 bits per heavy atom. The summed E-state index contributed by atoms with van der Waals surface area (Å²) in [5, 5.41) is 11.7. The van der Waals surface area contributed by atoms with Crippen LogP contribution in [0.1, 0.15) is 16.1 Å². The van der Waals surface area contributed by atoms with E-state index in [1.54, 1.807) is 36.0 Å². The fourth-order valence-corrected chi connectivity index (χ4v) is 1.97. The van der Waals surface area contributed by atoms with Crippen molar-refractivity contribution >= 4 is 35.4 Å². The number of hydrogen-bond acceptors (Lipinski definition) is 3. The van der Waals surface area contributed by atoms with Crippen LogP contribution in [-0.2, 0) is 11.8 Å². The Morgan fingerprint density at radius 3 is 2.81 bits per heavy atom. The molecule has 0 unspecified atom stereocenters. The minimum absolute atomic E-state index is 0.324. The highest BCUT2D eigenvalue weighted by Crippen LogP contribution is 2.15. The van der Waals surface area contributed by atoms with E-state index in [0.717, 1.165) is 6.08 Å². The lowest BCUT2D eigenvalue weighted by atomic mass is 10.2. The second-order valence-electron chi connectivity index (χ2n) is 4.25. The first-order valence-corrected chi connectivity index (χ1v) is 6.34. The fraction of sp³-hybridized carbons (Fsp3) is 0.0714. The number of carbonyl (C=O) groups is 2. The Labute approximate surface area is 125 Å². The number of amides is 1. The summed E-state index contributed by atoms with van der Waals surface area (Å²) in [6.07, 6.45) is 5.53. The van der Waals surface area contributed by atoms with Crippen molar-refractivity contribution in [2.45, 2.75) is 0 Å². The smallest absolute Gasteiger partial charge is 0.328 e. The molecule has 2 aromatic rings. The van der Waals surface area contributed by atoms with E-state index in [-0.39, 0.29) is 5.91 Å². The quantitative estimate of drug-likeness (QED) is 0.850. The first kappa shape index (κ1) is 14.8. The average molecular weight is 306 g/mol. The Hall–Kier alpha value is -2.60. The Kier molecular flexibility index (Phi) is 4.39. The normalized spacial score (nSPS) is 10.8. The van der Waals surface area contributed by atoms with Crippen molar-refractivity contribution in [3.05, 3.63) is 52.9 Å². The third-order valence-electron chi connectivity index (χ3n) is 2.65. The van der Waals surface area contributed by atoms with Gasteiger partial charge < -0.3 is 15.0 Å². The van der Waals surface area contributed by atoms with Crippen molar-refractivity contribution < 1.29 is 14.7 Å². The summed E-state index contributed by atoms with van der Waals surface area (Å²) in [7, 11) is 1.71. The van der Waals surface area contributed by atoms with Gasteiger partial charge in [-0.1, -0.05) is 11.6 Å². The van der Waals surface area contributed by atoms with Crippen molar-refractivity contribution in [1.29, 1.82) is 0 Å². The molecule has 1 amide bonds. The van der Waals surface area contributed by atoms with Crippen LogP contribution in [0.2, 0.25) is 5.02 Å². The van der Waals surface area contributed by atoms with E-state index in [1.165, 1.54) is 12.3 Å². The molecule has 0 aliphatic heterocycles. The Balaban J connectivity index is 2.16. The predicted molar refractivity (Wildman–Crippen MR) is 79.3 cm³/mol. The Morgan fingerprint density at radius 2 is 2.19 bits per heavy atom. The van der Waals surface area contributed by atoms with Crippen LogP contribution < -0.4 is 5.32 Å². The molecule has 0 atom stereocenters. The summed E-state index contributed by atoms with van der Waals surface area (Å²) in [4.78, 5) is 26.6. The van der Waals surface area contributed by atoms with Crippen LogP contribution in [-0.4, -0.2) is 26.5 Å². The van der Waals surface area contributed by atoms with Gasteiger partial charge in [-0.15, -0.1) is 0 Å². The highest BCUT2D eigenvalue weighted by molar-refractivity contribution is 6.31. The summed E-state index contributed by atoms with van der Waals surface area (Å²) in [6, 6.07) is 4.75. The number of halogens is 1. The standard InChI is InChI=1S/C14H12ClN3O3/c1-18-8-10(15)7-11(18)14(21)17-12-6-9(4-5-16-12)2-3-13(19)20/h2-8H,1H3,(H,19,20)(H,16,17,21)/b3-2+. The number of aromatic nitrogens is 2. The first-order valence-electron chi connectivity index (χ1n) is 5.96. The largest absolute Gasteiger partial charge is 0.478 e. The van der Waals surface area contributed by atoms with Gasteiger partial charge in [0, 0.05) is 25.5 Å². The second-order valence-corrected chi connectivity index (χ2v) is 4.69. The van der Waals surface area contributed by atoms with Gasteiger partial charge in [-0.2, -0.15) is 0 Å². The molecular formula is C14H12ClN3O3. The van der Waals surface area contributed by atoms with Gasteiger partial charge in [0.15, 0.2) is 0 Å². The van der Waals surface area contributed by atoms with Crippen LogP contribution in [0.15, 0.2) is 36.7 Å². The molecule has 0 bridgehead atoms. The summed E-state index contributed by atoms with van der Waals surface area (Å²) in [5.74, 6) is -1.07. The predicted octanol–water partition coefficient (Wildman–Crippen LogP) is 2.42. The number of hydrogen-bond donors (Lipinski definition) is 2. The molecule has 0 aliphatic rings. The topological polar surface area (TPSA) is 84.2 Å². The second kappa shape index (κ2) is 6.23. The van der Waals surface area contributed by atoms with Gasteiger partial charge in [-0.25, -0.2) is 9.78 Å². The molecule has 0 aliphatic carbocycles. The zero-order valence-electron chi connectivity index (χ0n) is 11.1. The van der Waals surface area contributed by atoms with E-state index in [0.29, 0.717) is 22.1 Å². The van der Waals surface area contributed by atoms with Crippen molar-refractivity contribution in [1.82, 2.24) is 9.55 Å². The summed E-state index contributed by atoms with van der Waals surface area (Å²) >= 11 is 5.83. The maximum atomic E-state index is 12.1. The van der Waals surface area contributed by atoms with E-state index < -0.39 is 5.97 Å². The molecule has 0 fully saturated rings. The van der Waals surface area contributed by atoms with Gasteiger partial charge in [0.1, 0.15) is 11.5 Å². The number of nitrogens with zero attached hydrogens (tertiary/aromatic N) is 2. The van der Waals surface area contributed by atoms with E-state index >= 15 is 0 Å². The number of aliphatic carboxylic acids is 1. The molecule has 2 rings (SSSR count). The van der Waals surface area contributed by atoms with Gasteiger partial charge in [-0.05, 0) is 29.8 Å². The SMILES string of the molecule is Cn1cc(Cl)cc1C(=O)Nc1cc(/C=C/C(=O)O)ccn1. The lowest BCUT2D eigenvalue weighted by Crippen LogP contribution is -2.16. The van der Waals surface area contributed by atoms with Crippen LogP contribution >= 0.6 is 11.6 Å². The van der Waals surface area contributed by atoms with Gasteiger partial charge in [-0.3, -0.25) is 4.79 Å². The van der Waals surface area contributed by atoms with Crippen molar-refractivity contribution in [2.75, 3.05) is 5.32 Å². The lowest BCUT2D eigenvalue weighted by molar-refractivity contribution is -0.131. The van der Waals surface area contributed by atoms with Crippen LogP contribution in [0.25, 0.3) is 6.08 Å². The molecule has 0 aromatic carbocycles. The molecule has 0 radical (unpaired) electrons. The minimum Gasteiger partial charge on any atom is -0.478 e. The molecule has 2 aromatic heterocycles. The van der Waals surface area contributed by atoms with Gasteiger partial charge >= 0.3 is 5.97 Å². The van der Waals surface area contributed by atoms with Crippen molar-refractivity contribution in [3.8, 4) is 0 Å². The molecule has 0 spiro atoms. The van der Waals surface area contributed by atoms with Crippen LogP contribution in [0.3, 0.4) is 0 Å². The molecule has 21 heavy (non-hydrogen) atoms. The van der Waals surface area contributed by atoms with Crippen molar-refractivity contribution in [3.63, 3.8) is 0 Å². The average Bonchev–Trinajstić information content (AvgIpc) is 2.76. The number of aryl methyl sites for hydroxylation is 1. The third-order valence-corrected chi connectivity index (χ3v) is 2.85. The van der Waals surface area contributed by atoms with Crippen molar-refractivity contribution in [2.24, 2.45) is 7.05 Å². The molecular weight excluding hydrogens is 294 g/mol. The number of carboxylic acid groups (broad SMARTS) is 1. The zero-order chi connectivity index (χ0) is 15.4. The highest BCUT2D eigenvalue weighted by atomic mass is 35.5. The van der Waals surface area contributed by atoms with E-state index in [1.807, 2.05) is 0 Å². The molecule has 7 heteroatoms. The van der Waals surface area contributed by atoms with Crippen LogP contribution in [0.5, 0.6) is 0 Å².